The molecule has 0 amide bonds. The van der Waals surface area contributed by atoms with Gasteiger partial charge in [0.1, 0.15) is 5.75 Å². The third-order valence-corrected chi connectivity index (χ3v) is 6.08. The number of ether oxygens (including phenoxy) is 1. The lowest BCUT2D eigenvalue weighted by atomic mass is 9.97. The van der Waals surface area contributed by atoms with Crippen LogP contribution in [-0.2, 0) is 0 Å². The molecule has 2 aliphatic rings. The van der Waals surface area contributed by atoms with Gasteiger partial charge in [0.25, 0.3) is 0 Å². The number of piperazine rings is 1. The van der Waals surface area contributed by atoms with Crippen molar-refractivity contribution in [2.24, 2.45) is 10.9 Å². The summed E-state index contributed by atoms with van der Waals surface area (Å²) in [5, 5.41) is 3.52. The highest BCUT2D eigenvalue weighted by Gasteiger charge is 2.22. The number of anilines is 1. The van der Waals surface area contributed by atoms with Crippen molar-refractivity contribution in [2.75, 3.05) is 70.9 Å². The van der Waals surface area contributed by atoms with E-state index in [9.17, 15) is 0 Å². The maximum absolute atomic E-state index is 5.38. The maximum atomic E-state index is 5.38. The minimum atomic E-state index is 0.731. The van der Waals surface area contributed by atoms with E-state index >= 15 is 0 Å². The summed E-state index contributed by atoms with van der Waals surface area (Å²) < 4.78 is 5.38. The first-order chi connectivity index (χ1) is 14.2. The second-order valence-corrected chi connectivity index (χ2v) is 8.16. The number of benzene rings is 1. The molecule has 0 aliphatic carbocycles. The Kier molecular flexibility index (Phi) is 8.47. The summed E-state index contributed by atoms with van der Waals surface area (Å²) in [6, 6.07) is 8.36. The van der Waals surface area contributed by atoms with Crippen molar-refractivity contribution in [1.29, 1.82) is 0 Å². The number of aliphatic imine (C=N–C) groups is 1. The van der Waals surface area contributed by atoms with Crippen molar-refractivity contribution in [2.45, 2.75) is 33.1 Å². The summed E-state index contributed by atoms with van der Waals surface area (Å²) in [4.78, 5) is 12.5. The van der Waals surface area contributed by atoms with E-state index < -0.39 is 0 Å². The first-order valence-electron chi connectivity index (χ1n) is 11.4. The molecule has 162 valence electrons. The number of nitrogens with one attached hydrogen (secondary N) is 1. The average Bonchev–Trinajstić information content (AvgIpc) is 2.78. The fourth-order valence-electron chi connectivity index (χ4n) is 4.33. The van der Waals surface area contributed by atoms with E-state index in [0.29, 0.717) is 0 Å². The molecule has 0 unspecified atom stereocenters. The van der Waals surface area contributed by atoms with Crippen molar-refractivity contribution in [3.05, 3.63) is 24.3 Å². The first-order valence-corrected chi connectivity index (χ1v) is 11.4. The number of hydrogen-bond donors (Lipinski definition) is 1. The lowest BCUT2D eigenvalue weighted by molar-refractivity contribution is 0.188. The Bertz CT molecular complexity index is 634. The van der Waals surface area contributed by atoms with E-state index in [-0.39, 0.29) is 0 Å². The number of rotatable bonds is 7. The lowest BCUT2D eigenvalue weighted by Gasteiger charge is -2.38. The van der Waals surface area contributed by atoms with Gasteiger partial charge < -0.3 is 24.8 Å². The molecule has 1 N–H and O–H groups in total. The van der Waals surface area contributed by atoms with E-state index in [1.54, 1.807) is 7.11 Å². The second-order valence-electron chi connectivity index (χ2n) is 8.16. The van der Waals surface area contributed by atoms with E-state index in [1.165, 1.54) is 44.6 Å². The molecule has 3 rings (SSSR count). The van der Waals surface area contributed by atoms with Gasteiger partial charge >= 0.3 is 0 Å². The van der Waals surface area contributed by atoms with Crippen LogP contribution in [0.5, 0.6) is 5.75 Å². The molecule has 6 heteroatoms. The van der Waals surface area contributed by atoms with E-state index in [1.807, 2.05) is 6.07 Å². The van der Waals surface area contributed by atoms with Gasteiger partial charge in [-0.25, -0.2) is 0 Å². The Morgan fingerprint density at radius 3 is 2.52 bits per heavy atom. The molecule has 1 aromatic carbocycles. The van der Waals surface area contributed by atoms with Crippen molar-refractivity contribution in [3.8, 4) is 5.75 Å². The smallest absolute Gasteiger partial charge is 0.194 e. The van der Waals surface area contributed by atoms with Crippen molar-refractivity contribution >= 4 is 11.6 Å². The van der Waals surface area contributed by atoms with Crippen molar-refractivity contribution < 1.29 is 4.74 Å². The molecule has 2 aliphatic heterocycles. The summed E-state index contributed by atoms with van der Waals surface area (Å²) >= 11 is 0. The van der Waals surface area contributed by atoms with Crippen LogP contribution >= 0.6 is 0 Å². The van der Waals surface area contributed by atoms with Crippen LogP contribution in [0, 0.1) is 5.92 Å². The minimum Gasteiger partial charge on any atom is -0.497 e. The molecule has 0 aromatic heterocycles. The number of guanidine groups is 1. The van der Waals surface area contributed by atoms with Crippen LogP contribution in [0.4, 0.5) is 5.69 Å². The fourth-order valence-corrected chi connectivity index (χ4v) is 4.33. The first kappa shape index (κ1) is 21.8. The number of nitrogens with zero attached hydrogens (tertiary/aromatic N) is 4. The molecular formula is C23H39N5O. The molecule has 29 heavy (non-hydrogen) atoms. The third kappa shape index (κ3) is 6.26. The lowest BCUT2D eigenvalue weighted by Crippen LogP contribution is -2.52. The van der Waals surface area contributed by atoms with Gasteiger partial charge in [-0.1, -0.05) is 13.0 Å². The molecule has 0 radical (unpaired) electrons. The van der Waals surface area contributed by atoms with Gasteiger partial charge in [0.15, 0.2) is 5.96 Å². The van der Waals surface area contributed by atoms with Crippen LogP contribution in [0.3, 0.4) is 0 Å². The predicted octanol–water partition coefficient (Wildman–Crippen LogP) is 2.90. The Morgan fingerprint density at radius 2 is 1.86 bits per heavy atom. The monoisotopic (exact) mass is 401 g/mol. The Morgan fingerprint density at radius 1 is 1.10 bits per heavy atom. The number of hydrogen-bond acceptors (Lipinski definition) is 4. The van der Waals surface area contributed by atoms with Crippen molar-refractivity contribution in [1.82, 2.24) is 15.1 Å². The molecule has 2 fully saturated rings. The zero-order valence-corrected chi connectivity index (χ0v) is 18.6. The van der Waals surface area contributed by atoms with Gasteiger partial charge in [0.2, 0.25) is 0 Å². The van der Waals surface area contributed by atoms with Crippen LogP contribution in [0.1, 0.15) is 33.1 Å². The van der Waals surface area contributed by atoms with Gasteiger partial charge in [-0.3, -0.25) is 4.99 Å². The van der Waals surface area contributed by atoms with Gasteiger partial charge in [-0.2, -0.15) is 0 Å². The van der Waals surface area contributed by atoms with Crippen LogP contribution < -0.4 is 15.0 Å². The summed E-state index contributed by atoms with van der Waals surface area (Å²) in [6.45, 7) is 14.0. The van der Waals surface area contributed by atoms with E-state index in [4.69, 9.17) is 9.73 Å². The SMILES string of the molecule is CCCN1CCC(CN=C(NCC)N2CCN(c3cccc(OC)c3)CC2)CC1. The Labute approximate surface area is 176 Å². The number of methoxy groups -OCH3 is 1. The fraction of sp³-hybridized carbons (Fsp3) is 0.696. The molecule has 2 saturated heterocycles. The molecule has 0 bridgehead atoms. The Balaban J connectivity index is 1.51. The van der Waals surface area contributed by atoms with Crippen LogP contribution in [0.25, 0.3) is 0 Å². The van der Waals surface area contributed by atoms with Crippen LogP contribution in [-0.4, -0.2) is 81.8 Å². The highest BCUT2D eigenvalue weighted by molar-refractivity contribution is 5.80. The largest absolute Gasteiger partial charge is 0.497 e. The molecule has 0 atom stereocenters. The molecule has 2 heterocycles. The van der Waals surface area contributed by atoms with Gasteiger partial charge in [-0.15, -0.1) is 0 Å². The molecule has 6 nitrogen and oxygen atoms in total. The van der Waals surface area contributed by atoms with Gasteiger partial charge in [-0.05, 0) is 63.9 Å². The molecule has 0 spiro atoms. The van der Waals surface area contributed by atoms with Crippen LogP contribution in [0.15, 0.2) is 29.3 Å². The van der Waals surface area contributed by atoms with Gasteiger partial charge in [0.05, 0.1) is 7.11 Å². The maximum Gasteiger partial charge on any atom is 0.194 e. The highest BCUT2D eigenvalue weighted by atomic mass is 16.5. The quantitative estimate of drug-likeness (QED) is 0.562. The Hall–Kier alpha value is -1.95. The van der Waals surface area contributed by atoms with E-state index in [2.05, 4.69) is 52.1 Å². The highest BCUT2D eigenvalue weighted by Crippen LogP contribution is 2.22. The summed E-state index contributed by atoms with van der Waals surface area (Å²) in [5.74, 6) is 2.74. The van der Waals surface area contributed by atoms with Crippen LogP contribution in [0.2, 0.25) is 0 Å². The normalized spacial score (nSPS) is 19.5. The topological polar surface area (TPSA) is 43.3 Å². The number of likely N-dealkylation sites (tertiary alicyclic amines) is 1. The average molecular weight is 402 g/mol. The molecule has 1 aromatic rings. The summed E-state index contributed by atoms with van der Waals surface area (Å²) in [5.41, 5.74) is 1.24. The van der Waals surface area contributed by atoms with Gasteiger partial charge in [0, 0.05) is 51.0 Å². The standard InChI is InChI=1S/C23H39N5O/c1-4-11-26-12-9-20(10-13-26)19-25-23(24-5-2)28-16-14-27(15-17-28)21-7-6-8-22(18-21)29-3/h6-8,18,20H,4-5,9-17,19H2,1-3H3,(H,24,25). The zero-order valence-electron chi connectivity index (χ0n) is 18.6. The molecular weight excluding hydrogens is 362 g/mol. The van der Waals surface area contributed by atoms with Crippen molar-refractivity contribution in [3.63, 3.8) is 0 Å². The minimum absolute atomic E-state index is 0.731. The number of piperidine rings is 1. The second kappa shape index (κ2) is 11.3. The zero-order chi connectivity index (χ0) is 20.5. The predicted molar refractivity (Wildman–Crippen MR) is 122 cm³/mol. The molecule has 0 saturated carbocycles. The summed E-state index contributed by atoms with van der Waals surface area (Å²) in [6.07, 6.45) is 3.83. The van der Waals surface area contributed by atoms with E-state index in [0.717, 1.165) is 56.9 Å². The summed E-state index contributed by atoms with van der Waals surface area (Å²) in [7, 11) is 1.73. The third-order valence-electron chi connectivity index (χ3n) is 6.08.